The zero-order valence-electron chi connectivity index (χ0n) is 27.6. The SMILES string of the molecule is COc1ccc(S(=O)(=O)c2ccc(Oc3ccc(C)cc3)cc2C(F)(F)C(F)(F)OC(F)(F)C(F)(F)S(=O)(=O)O)c(C(F)(F)C(F)(F)C(F)(F)C(F)(F)S(=O)(=O)O)c1. The summed E-state index contributed by atoms with van der Waals surface area (Å²) in [5.74, 6) is -32.9. The van der Waals surface area contributed by atoms with E-state index in [1.54, 1.807) is 0 Å². The topological polar surface area (TPSA) is 171 Å². The molecule has 3 aromatic rings. The van der Waals surface area contributed by atoms with Gasteiger partial charge < -0.3 is 9.47 Å². The molecule has 0 radical (unpaired) electrons. The van der Waals surface area contributed by atoms with Gasteiger partial charge in [-0.15, -0.1) is 0 Å². The Balaban J connectivity index is 2.46. The van der Waals surface area contributed by atoms with Crippen molar-refractivity contribution in [3.8, 4) is 17.2 Å². The molecule has 0 saturated heterocycles. The minimum absolute atomic E-state index is 0.123. The molecular weight excluding hydrogens is 912 g/mol. The Morgan fingerprint density at radius 2 is 0.897 bits per heavy atom. The highest BCUT2D eigenvalue weighted by atomic mass is 32.2. The number of aryl methyl sites for hydroxylation is 1. The van der Waals surface area contributed by atoms with Gasteiger partial charge in [-0.05, 0) is 55.5 Å². The Kier molecular flexibility index (Phi) is 12.1. The van der Waals surface area contributed by atoms with Gasteiger partial charge in [0.2, 0.25) is 9.84 Å². The van der Waals surface area contributed by atoms with Crippen LogP contribution in [0, 0.1) is 6.92 Å². The zero-order chi connectivity index (χ0) is 45.3. The van der Waals surface area contributed by atoms with Crippen molar-refractivity contribution in [1.29, 1.82) is 0 Å². The summed E-state index contributed by atoms with van der Waals surface area (Å²) in [6.45, 7) is 1.47. The molecule has 0 bridgehead atoms. The van der Waals surface area contributed by atoms with Gasteiger partial charge in [-0.3, -0.25) is 9.11 Å². The van der Waals surface area contributed by atoms with Gasteiger partial charge in [-0.25, -0.2) is 13.2 Å². The molecule has 0 aliphatic rings. The van der Waals surface area contributed by atoms with Crippen molar-refractivity contribution < 1.29 is 119 Å². The van der Waals surface area contributed by atoms with Gasteiger partial charge >= 0.3 is 66.7 Å². The molecule has 30 heteroatoms. The van der Waals surface area contributed by atoms with Crippen LogP contribution in [0.1, 0.15) is 16.7 Å². The van der Waals surface area contributed by atoms with Crippen molar-refractivity contribution in [2.75, 3.05) is 7.11 Å². The molecule has 0 saturated carbocycles. The first-order valence-electron chi connectivity index (χ1n) is 14.2. The van der Waals surface area contributed by atoms with E-state index in [9.17, 15) is 77.9 Å². The smallest absolute Gasteiger partial charge is 0.460 e. The lowest BCUT2D eigenvalue weighted by Gasteiger charge is -2.36. The van der Waals surface area contributed by atoms with Crippen molar-refractivity contribution in [2.45, 2.75) is 63.1 Å². The number of hydrogen-bond donors (Lipinski definition) is 2. The first-order chi connectivity index (χ1) is 25.7. The van der Waals surface area contributed by atoms with E-state index in [1.165, 1.54) is 19.1 Å². The molecule has 0 heterocycles. The van der Waals surface area contributed by atoms with Crippen LogP contribution in [0.3, 0.4) is 0 Å². The third-order valence-electron chi connectivity index (χ3n) is 7.41. The maximum Gasteiger partial charge on any atom is 0.460 e. The van der Waals surface area contributed by atoms with Gasteiger partial charge in [0.05, 0.1) is 28.0 Å². The molecule has 0 atom stereocenters. The number of halogens is 16. The molecule has 3 aromatic carbocycles. The van der Waals surface area contributed by atoms with Crippen LogP contribution in [0.2, 0.25) is 0 Å². The summed E-state index contributed by atoms with van der Waals surface area (Å²) < 4.78 is 333. The van der Waals surface area contributed by atoms with Crippen molar-refractivity contribution in [2.24, 2.45) is 0 Å². The highest BCUT2D eigenvalue weighted by Crippen LogP contribution is 2.59. The fraction of sp³-hybridized carbons (Fsp3) is 0.357. The van der Waals surface area contributed by atoms with Crippen LogP contribution in [0.5, 0.6) is 17.2 Å². The van der Waals surface area contributed by atoms with Crippen LogP contribution >= 0.6 is 0 Å². The second-order valence-electron chi connectivity index (χ2n) is 11.4. The zero-order valence-corrected chi connectivity index (χ0v) is 30.1. The summed E-state index contributed by atoms with van der Waals surface area (Å²) in [6, 6.07) is 2.77. The van der Waals surface area contributed by atoms with Crippen LogP contribution in [0.15, 0.2) is 70.5 Å². The third kappa shape index (κ3) is 7.84. The van der Waals surface area contributed by atoms with Crippen LogP contribution < -0.4 is 9.47 Å². The lowest BCUT2D eigenvalue weighted by Crippen LogP contribution is -2.63. The Morgan fingerprint density at radius 1 is 0.500 bits per heavy atom. The summed E-state index contributed by atoms with van der Waals surface area (Å²) >= 11 is 0. The number of ether oxygens (including phenoxy) is 3. The van der Waals surface area contributed by atoms with E-state index < -0.39 is 133 Å². The van der Waals surface area contributed by atoms with Crippen molar-refractivity contribution in [1.82, 2.24) is 0 Å². The van der Waals surface area contributed by atoms with Gasteiger partial charge in [0, 0.05) is 0 Å². The van der Waals surface area contributed by atoms with E-state index in [2.05, 4.69) is 9.47 Å². The minimum Gasteiger partial charge on any atom is -0.497 e. The summed E-state index contributed by atoms with van der Waals surface area (Å²) in [5, 5.41) is -14.7. The maximum absolute atomic E-state index is 15.7. The molecule has 0 spiro atoms. The van der Waals surface area contributed by atoms with E-state index in [0.29, 0.717) is 12.7 Å². The van der Waals surface area contributed by atoms with Crippen molar-refractivity contribution in [3.05, 3.63) is 77.4 Å². The van der Waals surface area contributed by atoms with Crippen LogP contribution in [-0.2, 0) is 46.7 Å². The van der Waals surface area contributed by atoms with E-state index in [-0.39, 0.29) is 18.2 Å². The molecule has 0 aliphatic carbocycles. The molecule has 0 amide bonds. The number of sulfone groups is 1. The predicted octanol–water partition coefficient (Wildman–Crippen LogP) is 8.25. The average molecular weight is 931 g/mol. The Bertz CT molecular complexity index is 2390. The molecule has 0 aliphatic heterocycles. The maximum atomic E-state index is 15.7. The minimum atomic E-state index is -7.93. The molecule has 326 valence electrons. The fourth-order valence-corrected chi connectivity index (χ4v) is 6.81. The van der Waals surface area contributed by atoms with E-state index in [1.807, 2.05) is 0 Å². The molecule has 0 aromatic heterocycles. The second-order valence-corrected chi connectivity index (χ2v) is 16.2. The van der Waals surface area contributed by atoms with Crippen LogP contribution in [0.4, 0.5) is 70.2 Å². The second kappa shape index (κ2) is 14.6. The number of rotatable bonds is 16. The first kappa shape index (κ1) is 48.2. The van der Waals surface area contributed by atoms with Gasteiger partial charge in [-0.1, -0.05) is 17.7 Å². The number of methoxy groups -OCH3 is 1. The van der Waals surface area contributed by atoms with E-state index >= 15 is 17.6 Å². The third-order valence-corrected chi connectivity index (χ3v) is 11.1. The summed E-state index contributed by atoms with van der Waals surface area (Å²) in [6.07, 6.45) is -14.7. The quantitative estimate of drug-likeness (QED) is 0.105. The molecule has 0 fully saturated rings. The highest BCUT2D eigenvalue weighted by molar-refractivity contribution is 7.91. The first-order valence-corrected chi connectivity index (χ1v) is 18.5. The summed E-state index contributed by atoms with van der Waals surface area (Å²) in [4.78, 5) is -5.36. The summed E-state index contributed by atoms with van der Waals surface area (Å²) in [5.41, 5.74) is -5.79. The summed E-state index contributed by atoms with van der Waals surface area (Å²) in [7, 11) is -21.7. The van der Waals surface area contributed by atoms with Crippen molar-refractivity contribution >= 4 is 30.1 Å². The molecule has 11 nitrogen and oxygen atoms in total. The van der Waals surface area contributed by atoms with E-state index in [4.69, 9.17) is 13.8 Å². The highest BCUT2D eigenvalue weighted by Gasteiger charge is 2.85. The van der Waals surface area contributed by atoms with Crippen LogP contribution in [0.25, 0.3) is 0 Å². The molecule has 0 unspecified atom stereocenters. The normalized spacial score (nSPS) is 14.7. The lowest BCUT2D eigenvalue weighted by atomic mass is 9.97. The Morgan fingerprint density at radius 3 is 1.33 bits per heavy atom. The van der Waals surface area contributed by atoms with Gasteiger partial charge in [-0.2, -0.15) is 87.1 Å². The van der Waals surface area contributed by atoms with Gasteiger partial charge in [0.1, 0.15) is 17.2 Å². The number of alkyl halides is 16. The fourth-order valence-electron chi connectivity index (χ4n) is 4.33. The van der Waals surface area contributed by atoms with Crippen molar-refractivity contribution in [3.63, 3.8) is 0 Å². The molecule has 3 rings (SSSR count). The Hall–Kier alpha value is -4.13. The molecular formula is C28H18F16O11S3. The Labute approximate surface area is 313 Å². The number of benzene rings is 3. The average Bonchev–Trinajstić information content (AvgIpc) is 3.07. The van der Waals surface area contributed by atoms with Gasteiger partial charge in [0.15, 0.2) is 0 Å². The number of hydrogen-bond acceptors (Lipinski definition) is 9. The van der Waals surface area contributed by atoms with Crippen LogP contribution in [-0.4, -0.2) is 76.0 Å². The monoisotopic (exact) mass is 930 g/mol. The van der Waals surface area contributed by atoms with Gasteiger partial charge in [0.25, 0.3) is 0 Å². The molecule has 58 heavy (non-hydrogen) atoms. The lowest BCUT2D eigenvalue weighted by molar-refractivity contribution is -0.460. The largest absolute Gasteiger partial charge is 0.497 e. The predicted molar refractivity (Wildman–Crippen MR) is 158 cm³/mol. The molecule has 2 N–H and O–H groups in total. The standard InChI is InChI=1S/C28H18F16O11S3/c1-13-3-5-14(6-4-13)54-16-8-10-20(18(12-16)22(31,32)25(37,38)55-26(39,40)28(43,44)58(50,51)52)56(45,46)19-9-7-15(53-2)11-17(19)21(29,30)23(33,34)24(35,36)27(41,42)57(47,48)49/h3-12H,1-2H3,(H,47,48,49)(H,50,51,52). The van der Waals surface area contributed by atoms with E-state index in [0.717, 1.165) is 12.1 Å².